The summed E-state index contributed by atoms with van der Waals surface area (Å²) in [5, 5.41) is 15.9. The predicted molar refractivity (Wildman–Crippen MR) is 30.3 cm³/mol. The van der Waals surface area contributed by atoms with Crippen molar-refractivity contribution in [3.63, 3.8) is 0 Å². The molecule has 0 spiro atoms. The van der Waals surface area contributed by atoms with Crippen LogP contribution < -0.4 is 0 Å². The maximum absolute atomic E-state index is 9.82. The van der Waals surface area contributed by atoms with E-state index in [0.717, 1.165) is 6.08 Å². The normalized spacial score (nSPS) is 10.2. The highest BCUT2D eigenvalue weighted by Crippen LogP contribution is 2.01. The SMILES string of the molecule is N#CC=C(Br)C(=O)O. The number of carboxylic acids is 1. The summed E-state index contributed by atoms with van der Waals surface area (Å²) in [6.07, 6.45) is 0.905. The van der Waals surface area contributed by atoms with Crippen LogP contribution in [-0.2, 0) is 4.79 Å². The minimum absolute atomic E-state index is 0.125. The van der Waals surface area contributed by atoms with Gasteiger partial charge >= 0.3 is 5.97 Å². The van der Waals surface area contributed by atoms with E-state index in [2.05, 4.69) is 15.9 Å². The largest absolute Gasteiger partial charge is 0.477 e. The lowest BCUT2D eigenvalue weighted by atomic mass is 10.5. The van der Waals surface area contributed by atoms with Gasteiger partial charge in [-0.1, -0.05) is 0 Å². The van der Waals surface area contributed by atoms with Gasteiger partial charge in [0.05, 0.1) is 6.07 Å². The van der Waals surface area contributed by atoms with Gasteiger partial charge in [-0.15, -0.1) is 0 Å². The summed E-state index contributed by atoms with van der Waals surface area (Å²) < 4.78 is -0.125. The quantitative estimate of drug-likeness (QED) is 0.476. The summed E-state index contributed by atoms with van der Waals surface area (Å²) in [7, 11) is 0. The molecule has 4 heteroatoms. The van der Waals surface area contributed by atoms with Crippen molar-refractivity contribution in [2.75, 3.05) is 0 Å². The van der Waals surface area contributed by atoms with Crippen LogP contribution in [0.2, 0.25) is 0 Å². The average Bonchev–Trinajstić information content (AvgIpc) is 1.67. The van der Waals surface area contributed by atoms with Crippen LogP contribution in [0.5, 0.6) is 0 Å². The summed E-state index contributed by atoms with van der Waals surface area (Å²) in [6, 6.07) is 1.56. The second kappa shape index (κ2) is 3.22. The zero-order chi connectivity index (χ0) is 6.57. The topological polar surface area (TPSA) is 61.1 Å². The number of carboxylic acid groups (broad SMARTS) is 1. The molecule has 0 aromatic carbocycles. The van der Waals surface area contributed by atoms with Crippen molar-refractivity contribution < 1.29 is 9.90 Å². The number of carbonyl (C=O) groups is 1. The van der Waals surface area contributed by atoms with Crippen molar-refractivity contribution in [3.05, 3.63) is 10.6 Å². The lowest BCUT2D eigenvalue weighted by Crippen LogP contribution is -1.91. The van der Waals surface area contributed by atoms with Crippen LogP contribution in [0.25, 0.3) is 0 Å². The number of allylic oxidation sites excluding steroid dienone is 1. The molecule has 0 amide bonds. The van der Waals surface area contributed by atoms with Crippen LogP contribution >= 0.6 is 15.9 Å². The van der Waals surface area contributed by atoms with Crippen LogP contribution in [0.4, 0.5) is 0 Å². The number of hydrogen-bond donors (Lipinski definition) is 1. The first kappa shape index (κ1) is 7.18. The van der Waals surface area contributed by atoms with Crippen LogP contribution in [0.3, 0.4) is 0 Å². The highest BCUT2D eigenvalue weighted by atomic mass is 79.9. The van der Waals surface area contributed by atoms with Crippen molar-refractivity contribution in [1.82, 2.24) is 0 Å². The molecule has 0 bridgehead atoms. The Balaban J connectivity index is 4.06. The summed E-state index contributed by atoms with van der Waals surface area (Å²) in [6.45, 7) is 0. The van der Waals surface area contributed by atoms with Gasteiger partial charge in [0.1, 0.15) is 4.48 Å². The van der Waals surface area contributed by atoms with E-state index < -0.39 is 5.97 Å². The number of nitriles is 1. The molecule has 0 radical (unpaired) electrons. The number of aliphatic carboxylic acids is 1. The third-order valence-electron chi connectivity index (χ3n) is 0.396. The van der Waals surface area contributed by atoms with Crippen molar-refractivity contribution in [1.29, 1.82) is 5.26 Å². The van der Waals surface area contributed by atoms with E-state index in [1.165, 1.54) is 0 Å². The monoisotopic (exact) mass is 175 g/mol. The molecule has 0 unspecified atom stereocenters. The first-order chi connectivity index (χ1) is 3.68. The molecule has 0 fully saturated rings. The molecule has 0 aliphatic carbocycles. The Labute approximate surface area is 54.4 Å². The van der Waals surface area contributed by atoms with Crippen molar-refractivity contribution in [2.24, 2.45) is 0 Å². The average molecular weight is 176 g/mol. The van der Waals surface area contributed by atoms with Gasteiger partial charge in [0, 0.05) is 6.08 Å². The standard InChI is InChI=1S/C4H2BrNO2/c5-3(1-2-6)4(7)8/h1H,(H,7,8). The number of nitrogens with zero attached hydrogens (tertiary/aromatic N) is 1. The van der Waals surface area contributed by atoms with Crippen molar-refractivity contribution in [3.8, 4) is 6.07 Å². The summed E-state index contributed by atoms with van der Waals surface area (Å²) >= 11 is 2.64. The van der Waals surface area contributed by atoms with Gasteiger partial charge < -0.3 is 5.11 Å². The van der Waals surface area contributed by atoms with Crippen LogP contribution in [0.1, 0.15) is 0 Å². The molecule has 0 heterocycles. The van der Waals surface area contributed by atoms with E-state index in [1.54, 1.807) is 6.07 Å². The van der Waals surface area contributed by atoms with E-state index in [-0.39, 0.29) is 4.48 Å². The highest BCUT2D eigenvalue weighted by molar-refractivity contribution is 9.12. The Morgan fingerprint density at radius 1 is 1.88 bits per heavy atom. The van der Waals surface area contributed by atoms with Crippen LogP contribution in [-0.4, -0.2) is 11.1 Å². The molecule has 3 nitrogen and oxygen atoms in total. The molecule has 0 atom stereocenters. The molecule has 0 aromatic heterocycles. The summed E-state index contributed by atoms with van der Waals surface area (Å²) in [4.78, 5) is 9.82. The lowest BCUT2D eigenvalue weighted by Gasteiger charge is -1.80. The fourth-order valence-electron chi connectivity index (χ4n) is 0.118. The predicted octanol–water partition coefficient (Wildman–Crippen LogP) is 0.873. The third-order valence-corrected chi connectivity index (χ3v) is 0.964. The maximum atomic E-state index is 9.82. The number of halogens is 1. The van der Waals surface area contributed by atoms with E-state index >= 15 is 0 Å². The smallest absolute Gasteiger partial charge is 0.343 e. The second-order valence-corrected chi connectivity index (χ2v) is 1.78. The molecule has 42 valence electrons. The number of rotatable bonds is 1. The highest BCUT2D eigenvalue weighted by Gasteiger charge is 1.98. The van der Waals surface area contributed by atoms with Crippen LogP contribution in [0, 0.1) is 11.3 Å². The molecule has 0 aliphatic rings. The summed E-state index contributed by atoms with van der Waals surface area (Å²) in [5.41, 5.74) is 0. The molecule has 8 heavy (non-hydrogen) atoms. The van der Waals surface area contributed by atoms with Gasteiger partial charge in [-0.05, 0) is 15.9 Å². The zero-order valence-corrected chi connectivity index (χ0v) is 5.34. The van der Waals surface area contributed by atoms with Crippen molar-refractivity contribution in [2.45, 2.75) is 0 Å². The van der Waals surface area contributed by atoms with E-state index in [1.807, 2.05) is 0 Å². The lowest BCUT2D eigenvalue weighted by molar-refractivity contribution is -0.131. The molecule has 0 aliphatic heterocycles. The maximum Gasteiger partial charge on any atom is 0.343 e. The molecular formula is C4H2BrNO2. The van der Waals surface area contributed by atoms with Gasteiger partial charge in [-0.3, -0.25) is 0 Å². The Morgan fingerprint density at radius 2 is 2.38 bits per heavy atom. The molecule has 1 N–H and O–H groups in total. The molecule has 0 rings (SSSR count). The van der Waals surface area contributed by atoms with E-state index in [0.29, 0.717) is 0 Å². The second-order valence-electron chi connectivity index (χ2n) is 0.927. The minimum Gasteiger partial charge on any atom is -0.477 e. The summed E-state index contributed by atoms with van der Waals surface area (Å²) in [5.74, 6) is -1.13. The molecule has 0 aromatic rings. The third kappa shape index (κ3) is 2.37. The number of hydrogen-bond acceptors (Lipinski definition) is 2. The minimum atomic E-state index is -1.13. The molecular weight excluding hydrogens is 174 g/mol. The van der Waals surface area contributed by atoms with Gasteiger partial charge in [0.25, 0.3) is 0 Å². The fraction of sp³-hybridized carbons (Fsp3) is 0. The Bertz CT molecular complexity index is 167. The molecule has 0 saturated carbocycles. The fourth-order valence-corrected chi connectivity index (χ4v) is 0.221. The van der Waals surface area contributed by atoms with Gasteiger partial charge in [0.15, 0.2) is 0 Å². The Kier molecular flexibility index (Phi) is 2.89. The van der Waals surface area contributed by atoms with Gasteiger partial charge in [0.2, 0.25) is 0 Å². The van der Waals surface area contributed by atoms with Gasteiger partial charge in [-0.25, -0.2) is 4.79 Å². The van der Waals surface area contributed by atoms with Crippen molar-refractivity contribution >= 4 is 21.9 Å². The van der Waals surface area contributed by atoms with Crippen LogP contribution in [0.15, 0.2) is 10.6 Å². The Morgan fingerprint density at radius 3 is 2.50 bits per heavy atom. The first-order valence-electron chi connectivity index (χ1n) is 1.67. The van der Waals surface area contributed by atoms with Gasteiger partial charge in [-0.2, -0.15) is 5.26 Å². The van der Waals surface area contributed by atoms with E-state index in [9.17, 15) is 4.79 Å². The molecule has 0 saturated heterocycles. The zero-order valence-electron chi connectivity index (χ0n) is 3.76. The van der Waals surface area contributed by atoms with E-state index in [4.69, 9.17) is 10.4 Å². The first-order valence-corrected chi connectivity index (χ1v) is 2.46. The Hall–Kier alpha value is -0.820.